The largest absolute Gasteiger partial charge is 0.328 e. The molecular weight excluding hydrogens is 320 g/mol. The molecule has 1 aliphatic heterocycles. The van der Waals surface area contributed by atoms with E-state index in [1.165, 1.54) is 0 Å². The average Bonchev–Trinajstić information content (AvgIpc) is 2.47. The summed E-state index contributed by atoms with van der Waals surface area (Å²) < 4.78 is 27.1. The monoisotopic (exact) mass is 346 g/mol. The van der Waals surface area contributed by atoms with Gasteiger partial charge >= 0.3 is 0 Å². The first-order valence-electron chi connectivity index (χ1n) is 7.68. The van der Waals surface area contributed by atoms with Crippen molar-refractivity contribution in [3.63, 3.8) is 0 Å². The van der Waals surface area contributed by atoms with Crippen LogP contribution in [-0.2, 0) is 10.0 Å². The lowest BCUT2D eigenvalue weighted by Gasteiger charge is -2.33. The maximum atomic E-state index is 12.7. The molecule has 1 aromatic rings. The third-order valence-corrected chi connectivity index (χ3v) is 6.30. The van der Waals surface area contributed by atoms with Crippen molar-refractivity contribution in [3.05, 3.63) is 29.8 Å². The molecule has 1 unspecified atom stereocenters. The second-order valence-corrected chi connectivity index (χ2v) is 8.27. The number of nitrogens with zero attached hydrogens (tertiary/aromatic N) is 1. The molecule has 1 fully saturated rings. The molecule has 1 atom stereocenters. The zero-order valence-corrected chi connectivity index (χ0v) is 15.2. The topological polar surface area (TPSA) is 63.4 Å². The molecule has 0 radical (unpaired) electrons. The Labute approximate surface area is 140 Å². The number of halogens is 1. The second kappa shape index (κ2) is 7.77. The van der Waals surface area contributed by atoms with Gasteiger partial charge in [0.2, 0.25) is 10.0 Å². The van der Waals surface area contributed by atoms with Crippen molar-refractivity contribution >= 4 is 22.4 Å². The summed E-state index contributed by atoms with van der Waals surface area (Å²) in [5, 5.41) is 0. The Morgan fingerprint density at radius 1 is 1.18 bits per heavy atom. The molecule has 0 aromatic heterocycles. The smallest absolute Gasteiger partial charge is 0.243 e. The summed E-state index contributed by atoms with van der Waals surface area (Å²) in [6, 6.07) is 7.44. The third kappa shape index (κ3) is 4.22. The van der Waals surface area contributed by atoms with E-state index in [9.17, 15) is 8.42 Å². The zero-order chi connectivity index (χ0) is 15.6. The van der Waals surface area contributed by atoms with E-state index in [2.05, 4.69) is 13.8 Å². The highest BCUT2D eigenvalue weighted by Crippen LogP contribution is 2.26. The highest BCUT2D eigenvalue weighted by atomic mass is 35.5. The summed E-state index contributed by atoms with van der Waals surface area (Å²) in [6.07, 6.45) is 1.70. The molecular formula is C16H27ClN2O2S. The normalized spacial score (nSPS) is 19.0. The van der Waals surface area contributed by atoms with E-state index in [-0.39, 0.29) is 18.4 Å². The van der Waals surface area contributed by atoms with Crippen molar-refractivity contribution in [2.24, 2.45) is 11.7 Å². The van der Waals surface area contributed by atoms with Crippen molar-refractivity contribution in [3.8, 4) is 0 Å². The van der Waals surface area contributed by atoms with E-state index in [4.69, 9.17) is 5.73 Å². The molecule has 0 saturated carbocycles. The molecule has 1 heterocycles. The van der Waals surface area contributed by atoms with Crippen LogP contribution in [0.25, 0.3) is 0 Å². The predicted octanol–water partition coefficient (Wildman–Crippen LogP) is 2.98. The van der Waals surface area contributed by atoms with Gasteiger partial charge in [-0.05, 0) is 49.3 Å². The second-order valence-electron chi connectivity index (χ2n) is 6.33. The molecule has 4 nitrogen and oxygen atoms in total. The van der Waals surface area contributed by atoms with Crippen LogP contribution in [0.3, 0.4) is 0 Å². The standard InChI is InChI=1S/C16H26N2O2S.ClH/c1-12(2)15-5-4-6-16(11-15)21(19,20)18-9-7-14(8-10-18)13(3)17;/h4-6,11-14H,7-10,17H2,1-3H3;1H. The summed E-state index contributed by atoms with van der Waals surface area (Å²) in [6.45, 7) is 7.28. The first-order chi connectivity index (χ1) is 9.82. The maximum Gasteiger partial charge on any atom is 0.243 e. The van der Waals surface area contributed by atoms with E-state index in [1.807, 2.05) is 19.1 Å². The van der Waals surface area contributed by atoms with Crippen LogP contribution in [-0.4, -0.2) is 31.9 Å². The highest BCUT2D eigenvalue weighted by molar-refractivity contribution is 7.89. The Kier molecular flexibility index (Phi) is 6.86. The maximum absolute atomic E-state index is 12.7. The highest BCUT2D eigenvalue weighted by Gasteiger charge is 2.30. The SMILES string of the molecule is CC(C)c1cccc(S(=O)(=O)N2CCC(C(C)N)CC2)c1.Cl. The van der Waals surface area contributed by atoms with E-state index in [1.54, 1.807) is 16.4 Å². The number of hydrogen-bond acceptors (Lipinski definition) is 3. The van der Waals surface area contributed by atoms with Gasteiger partial charge in [-0.15, -0.1) is 12.4 Å². The minimum Gasteiger partial charge on any atom is -0.328 e. The molecule has 126 valence electrons. The van der Waals surface area contributed by atoms with Crippen LogP contribution < -0.4 is 5.73 Å². The number of hydrogen-bond donors (Lipinski definition) is 1. The lowest BCUT2D eigenvalue weighted by molar-refractivity contribution is 0.250. The van der Waals surface area contributed by atoms with Gasteiger partial charge in [-0.25, -0.2) is 8.42 Å². The van der Waals surface area contributed by atoms with Crippen LogP contribution in [0.5, 0.6) is 0 Å². The van der Waals surface area contributed by atoms with Crippen molar-refractivity contribution < 1.29 is 8.42 Å². The number of sulfonamides is 1. The van der Waals surface area contributed by atoms with Crippen LogP contribution in [0.15, 0.2) is 29.2 Å². The number of benzene rings is 1. The number of piperidine rings is 1. The first-order valence-corrected chi connectivity index (χ1v) is 9.12. The van der Waals surface area contributed by atoms with Gasteiger partial charge in [-0.2, -0.15) is 4.31 Å². The Morgan fingerprint density at radius 2 is 1.77 bits per heavy atom. The quantitative estimate of drug-likeness (QED) is 0.911. The van der Waals surface area contributed by atoms with Crippen molar-refractivity contribution in [1.29, 1.82) is 0 Å². The van der Waals surface area contributed by atoms with E-state index in [0.29, 0.717) is 29.8 Å². The van der Waals surface area contributed by atoms with Crippen LogP contribution in [0, 0.1) is 5.92 Å². The van der Waals surface area contributed by atoms with Gasteiger partial charge in [-0.3, -0.25) is 0 Å². The first kappa shape index (κ1) is 19.4. The summed E-state index contributed by atoms with van der Waals surface area (Å²) in [5.41, 5.74) is 6.97. The van der Waals surface area contributed by atoms with Crippen molar-refractivity contribution in [2.75, 3.05) is 13.1 Å². The van der Waals surface area contributed by atoms with Gasteiger partial charge in [0.05, 0.1) is 4.90 Å². The van der Waals surface area contributed by atoms with Crippen LogP contribution >= 0.6 is 12.4 Å². The van der Waals surface area contributed by atoms with Crippen LogP contribution in [0.1, 0.15) is 45.1 Å². The van der Waals surface area contributed by atoms with E-state index in [0.717, 1.165) is 18.4 Å². The summed E-state index contributed by atoms with van der Waals surface area (Å²) in [4.78, 5) is 0.410. The average molecular weight is 347 g/mol. The molecule has 1 saturated heterocycles. The van der Waals surface area contributed by atoms with E-state index >= 15 is 0 Å². The molecule has 1 aromatic carbocycles. The van der Waals surface area contributed by atoms with Crippen LogP contribution in [0.2, 0.25) is 0 Å². The Morgan fingerprint density at radius 3 is 2.27 bits per heavy atom. The molecule has 0 bridgehead atoms. The lowest BCUT2D eigenvalue weighted by atomic mass is 9.92. The third-order valence-electron chi connectivity index (χ3n) is 4.40. The Bertz CT molecular complexity index is 580. The number of rotatable bonds is 4. The molecule has 0 spiro atoms. The Balaban J connectivity index is 0.00000242. The molecule has 2 N–H and O–H groups in total. The summed E-state index contributed by atoms with van der Waals surface area (Å²) in [5.74, 6) is 0.752. The fourth-order valence-corrected chi connectivity index (χ4v) is 4.35. The fraction of sp³-hybridized carbons (Fsp3) is 0.625. The molecule has 0 amide bonds. The Hall–Kier alpha value is -0.620. The zero-order valence-electron chi connectivity index (χ0n) is 13.5. The summed E-state index contributed by atoms with van der Waals surface area (Å²) >= 11 is 0. The molecule has 2 rings (SSSR count). The molecule has 1 aliphatic rings. The predicted molar refractivity (Wildman–Crippen MR) is 92.9 cm³/mol. The van der Waals surface area contributed by atoms with Crippen molar-refractivity contribution in [2.45, 2.75) is 50.5 Å². The van der Waals surface area contributed by atoms with Crippen LogP contribution in [0.4, 0.5) is 0 Å². The lowest BCUT2D eigenvalue weighted by Crippen LogP contribution is -2.42. The van der Waals surface area contributed by atoms with Gasteiger partial charge in [0, 0.05) is 19.1 Å². The fourth-order valence-electron chi connectivity index (χ4n) is 2.83. The van der Waals surface area contributed by atoms with E-state index < -0.39 is 10.0 Å². The van der Waals surface area contributed by atoms with Gasteiger partial charge in [0.1, 0.15) is 0 Å². The molecule has 6 heteroatoms. The minimum absolute atomic E-state index is 0. The minimum atomic E-state index is -3.37. The summed E-state index contributed by atoms with van der Waals surface area (Å²) in [7, 11) is -3.37. The van der Waals surface area contributed by atoms with Gasteiger partial charge in [-0.1, -0.05) is 26.0 Å². The van der Waals surface area contributed by atoms with Gasteiger partial charge in [0.25, 0.3) is 0 Å². The molecule has 0 aliphatic carbocycles. The molecule has 22 heavy (non-hydrogen) atoms. The number of nitrogens with two attached hydrogens (primary N) is 1. The van der Waals surface area contributed by atoms with Gasteiger partial charge in [0.15, 0.2) is 0 Å². The van der Waals surface area contributed by atoms with Gasteiger partial charge < -0.3 is 5.73 Å². The van der Waals surface area contributed by atoms with Crippen molar-refractivity contribution in [1.82, 2.24) is 4.31 Å².